The Labute approximate surface area is 73.1 Å². The van der Waals surface area contributed by atoms with Crippen molar-refractivity contribution in [3.63, 3.8) is 0 Å². The Morgan fingerprint density at radius 2 is 2.00 bits per heavy atom. The van der Waals surface area contributed by atoms with Crippen LogP contribution in [0.25, 0.3) is 0 Å². The number of aromatic nitrogens is 2. The van der Waals surface area contributed by atoms with Crippen molar-refractivity contribution in [3.05, 3.63) is 21.9 Å². The predicted octanol–water partition coefficient (Wildman–Crippen LogP) is 2.52. The molecule has 0 aliphatic heterocycles. The highest BCUT2D eigenvalue weighted by Crippen LogP contribution is 2.16. The summed E-state index contributed by atoms with van der Waals surface area (Å²) in [6.45, 7) is 0. The van der Waals surface area contributed by atoms with Crippen LogP contribution in [0.2, 0.25) is 10.3 Å². The molecule has 0 radical (unpaired) electrons. The van der Waals surface area contributed by atoms with Gasteiger partial charge in [0.2, 0.25) is 0 Å². The number of alkyl halides is 1. The smallest absolute Gasteiger partial charge is 0.137 e. The zero-order valence-electron chi connectivity index (χ0n) is 4.81. The highest BCUT2D eigenvalue weighted by molar-refractivity contribution is 6.32. The summed E-state index contributed by atoms with van der Waals surface area (Å²) in [5, 5.41) is 7.67. The highest BCUT2D eigenvalue weighted by atomic mass is 35.5. The van der Waals surface area contributed by atoms with Crippen LogP contribution in [0.1, 0.15) is 5.56 Å². The Hall–Kier alpha value is -0.0500. The first-order valence-corrected chi connectivity index (χ1v) is 3.76. The van der Waals surface area contributed by atoms with Crippen LogP contribution >= 0.6 is 34.8 Å². The van der Waals surface area contributed by atoms with Crippen LogP contribution in [-0.4, -0.2) is 10.2 Å². The zero-order chi connectivity index (χ0) is 7.56. The molecule has 0 amide bonds. The molecule has 1 aromatic rings. The maximum Gasteiger partial charge on any atom is 0.156 e. The van der Waals surface area contributed by atoms with Crippen molar-refractivity contribution in [2.24, 2.45) is 0 Å². The highest BCUT2D eigenvalue weighted by Gasteiger charge is 2.00. The van der Waals surface area contributed by atoms with Gasteiger partial charge >= 0.3 is 0 Å². The second-order valence-electron chi connectivity index (χ2n) is 1.62. The third-order valence-corrected chi connectivity index (χ3v) is 1.73. The fourth-order valence-electron chi connectivity index (χ4n) is 0.482. The molecule has 0 N–H and O–H groups in total. The lowest BCUT2D eigenvalue weighted by Crippen LogP contribution is -1.88. The van der Waals surface area contributed by atoms with Crippen LogP contribution in [0.4, 0.5) is 0 Å². The van der Waals surface area contributed by atoms with Gasteiger partial charge in [0.25, 0.3) is 0 Å². The molecule has 0 atom stereocenters. The molecule has 1 aromatic heterocycles. The van der Waals surface area contributed by atoms with Crippen LogP contribution in [0.5, 0.6) is 0 Å². The fourth-order valence-corrected chi connectivity index (χ4v) is 1.08. The lowest BCUT2D eigenvalue weighted by molar-refractivity contribution is 1.01. The third-order valence-electron chi connectivity index (χ3n) is 0.936. The molecule has 2 nitrogen and oxygen atoms in total. The second kappa shape index (κ2) is 3.37. The van der Waals surface area contributed by atoms with Crippen molar-refractivity contribution < 1.29 is 0 Å². The summed E-state index contributed by atoms with van der Waals surface area (Å²) in [5.41, 5.74) is 0.698. The van der Waals surface area contributed by atoms with Gasteiger partial charge in [0.15, 0.2) is 10.3 Å². The van der Waals surface area contributed by atoms with E-state index in [1.54, 1.807) is 6.07 Å². The quantitative estimate of drug-likeness (QED) is 0.647. The maximum absolute atomic E-state index is 5.58. The van der Waals surface area contributed by atoms with Gasteiger partial charge in [-0.1, -0.05) is 23.2 Å². The zero-order valence-corrected chi connectivity index (χ0v) is 7.08. The molecule has 5 heteroatoms. The van der Waals surface area contributed by atoms with E-state index >= 15 is 0 Å². The van der Waals surface area contributed by atoms with Crippen LogP contribution in [-0.2, 0) is 5.88 Å². The molecule has 0 spiro atoms. The molecular formula is C5H3Cl3N2. The summed E-state index contributed by atoms with van der Waals surface area (Å²) in [4.78, 5) is 0. The van der Waals surface area contributed by atoms with E-state index in [-0.39, 0.29) is 0 Å². The van der Waals surface area contributed by atoms with Crippen molar-refractivity contribution >= 4 is 34.8 Å². The summed E-state index contributed by atoms with van der Waals surface area (Å²) >= 11 is 16.6. The van der Waals surface area contributed by atoms with Gasteiger partial charge in [-0.25, -0.2) is 0 Å². The van der Waals surface area contributed by atoms with E-state index in [2.05, 4.69) is 10.2 Å². The lowest BCUT2D eigenvalue weighted by atomic mass is 10.4. The van der Waals surface area contributed by atoms with Gasteiger partial charge in [0.1, 0.15) is 0 Å². The third kappa shape index (κ3) is 1.72. The van der Waals surface area contributed by atoms with Crippen molar-refractivity contribution in [2.75, 3.05) is 0 Å². The van der Waals surface area contributed by atoms with Crippen LogP contribution in [0.15, 0.2) is 6.07 Å². The molecule has 0 aliphatic rings. The fraction of sp³-hybridized carbons (Fsp3) is 0.200. The number of nitrogens with zero attached hydrogens (tertiary/aromatic N) is 2. The SMILES string of the molecule is ClCc1cc(Cl)nnc1Cl. The molecule has 0 unspecified atom stereocenters. The minimum Gasteiger partial charge on any atom is -0.137 e. The Morgan fingerprint density at radius 3 is 2.50 bits per heavy atom. The van der Waals surface area contributed by atoms with E-state index < -0.39 is 0 Å². The van der Waals surface area contributed by atoms with E-state index in [4.69, 9.17) is 34.8 Å². The summed E-state index contributed by atoms with van der Waals surface area (Å²) in [7, 11) is 0. The molecule has 0 saturated heterocycles. The van der Waals surface area contributed by atoms with Crippen LogP contribution in [0, 0.1) is 0 Å². The maximum atomic E-state index is 5.58. The Bertz CT molecular complexity index is 238. The minimum atomic E-state index is 0.300. The van der Waals surface area contributed by atoms with Crippen LogP contribution in [0.3, 0.4) is 0 Å². The molecule has 1 heterocycles. The van der Waals surface area contributed by atoms with E-state index in [0.29, 0.717) is 21.7 Å². The van der Waals surface area contributed by atoms with Gasteiger partial charge in [-0.2, -0.15) is 0 Å². The average Bonchev–Trinajstić information content (AvgIpc) is 1.94. The Kier molecular flexibility index (Phi) is 2.72. The second-order valence-corrected chi connectivity index (χ2v) is 2.63. The predicted molar refractivity (Wildman–Crippen MR) is 41.6 cm³/mol. The summed E-state index contributed by atoms with van der Waals surface area (Å²) in [5.74, 6) is 0.300. The summed E-state index contributed by atoms with van der Waals surface area (Å²) in [6.07, 6.45) is 0. The van der Waals surface area contributed by atoms with E-state index in [0.717, 1.165) is 0 Å². The number of halogens is 3. The molecule has 1 rings (SSSR count). The monoisotopic (exact) mass is 196 g/mol. The van der Waals surface area contributed by atoms with Crippen molar-refractivity contribution in [2.45, 2.75) is 5.88 Å². The van der Waals surface area contributed by atoms with Gasteiger partial charge in [0, 0.05) is 5.56 Å². The summed E-state index contributed by atoms with van der Waals surface area (Å²) < 4.78 is 0. The molecule has 0 fully saturated rings. The van der Waals surface area contributed by atoms with Gasteiger partial charge in [0.05, 0.1) is 5.88 Å². The van der Waals surface area contributed by atoms with Gasteiger partial charge < -0.3 is 0 Å². The Balaban J connectivity index is 3.09. The molecule has 0 aromatic carbocycles. The van der Waals surface area contributed by atoms with Gasteiger partial charge in [-0.3, -0.25) is 0 Å². The molecule has 0 saturated carbocycles. The topological polar surface area (TPSA) is 25.8 Å². The normalized spacial score (nSPS) is 9.90. The van der Waals surface area contributed by atoms with Crippen LogP contribution < -0.4 is 0 Å². The van der Waals surface area contributed by atoms with Crippen molar-refractivity contribution in [1.82, 2.24) is 10.2 Å². The Morgan fingerprint density at radius 1 is 1.30 bits per heavy atom. The largest absolute Gasteiger partial charge is 0.156 e. The molecule has 0 aliphatic carbocycles. The molecule has 0 bridgehead atoms. The first kappa shape index (κ1) is 8.05. The van der Waals surface area contributed by atoms with Gasteiger partial charge in [-0.05, 0) is 6.07 Å². The molecular weight excluding hydrogens is 194 g/mol. The van der Waals surface area contributed by atoms with E-state index in [1.165, 1.54) is 0 Å². The standard InChI is InChI=1S/C5H3Cl3N2/c6-2-3-1-4(7)9-10-5(3)8/h1H,2H2. The summed E-state index contributed by atoms with van der Waals surface area (Å²) in [6, 6.07) is 1.59. The average molecular weight is 197 g/mol. The first-order chi connectivity index (χ1) is 4.74. The van der Waals surface area contributed by atoms with E-state index in [1.807, 2.05) is 0 Å². The lowest BCUT2D eigenvalue weighted by Gasteiger charge is -1.95. The minimum absolute atomic E-state index is 0.300. The number of hydrogen-bond acceptors (Lipinski definition) is 2. The molecule has 10 heavy (non-hydrogen) atoms. The van der Waals surface area contributed by atoms with Gasteiger partial charge in [-0.15, -0.1) is 21.8 Å². The molecule has 54 valence electrons. The van der Waals surface area contributed by atoms with Crippen molar-refractivity contribution in [1.29, 1.82) is 0 Å². The van der Waals surface area contributed by atoms with Crippen molar-refractivity contribution in [3.8, 4) is 0 Å². The number of hydrogen-bond donors (Lipinski definition) is 0. The first-order valence-electron chi connectivity index (χ1n) is 2.47. The number of rotatable bonds is 1. The van der Waals surface area contributed by atoms with E-state index in [9.17, 15) is 0 Å².